The number of sulfonamides is 1. The van der Waals surface area contributed by atoms with Crippen molar-refractivity contribution in [1.29, 1.82) is 0 Å². The third-order valence-electron chi connectivity index (χ3n) is 13.3. The molecule has 0 spiro atoms. The molecule has 4 saturated carbocycles. The predicted molar refractivity (Wildman–Crippen MR) is 223 cm³/mol. The minimum Gasteiger partial charge on any atom is -0.496 e. The number of alkyl carbamates (subject to hydrolysis) is 1. The Hall–Kier alpha value is -4.86. The maximum absolute atomic E-state index is 15.1. The number of nitrogens with one attached hydrogen (secondary N) is 3. The number of pyridine rings is 1. The molecule has 0 radical (unpaired) electrons. The van der Waals surface area contributed by atoms with Crippen molar-refractivity contribution >= 4 is 50.8 Å². The summed E-state index contributed by atoms with van der Waals surface area (Å²) in [5, 5.41) is 5.89. The Bertz CT molecular complexity index is 2150. The first-order chi connectivity index (χ1) is 28.9. The maximum atomic E-state index is 15.1. The Morgan fingerprint density at radius 1 is 1.03 bits per heavy atom. The van der Waals surface area contributed by atoms with Gasteiger partial charge in [-0.05, 0) is 82.6 Å². The molecule has 1 saturated heterocycles. The third-order valence-corrected chi connectivity index (χ3v) is 15.1. The summed E-state index contributed by atoms with van der Waals surface area (Å²) >= 11 is 0. The molecule has 60 heavy (non-hydrogen) atoms. The molecular formula is C44H57N5O10S. The molecule has 5 fully saturated rings. The lowest BCUT2D eigenvalue weighted by Gasteiger charge is -2.36. The number of fused-ring (bicyclic) bond motifs is 4. The minimum absolute atomic E-state index is 0.0155. The van der Waals surface area contributed by atoms with Crippen molar-refractivity contribution in [1.82, 2.24) is 25.2 Å². The first kappa shape index (κ1) is 41.9. The average Bonchev–Trinajstić information content (AvgIpc) is 4.17. The van der Waals surface area contributed by atoms with Crippen molar-refractivity contribution in [2.75, 3.05) is 20.3 Å². The molecule has 324 valence electrons. The monoisotopic (exact) mass is 847 g/mol. The molecule has 8 rings (SSSR count). The molecule has 7 atom stereocenters. The second kappa shape index (κ2) is 17.3. The van der Waals surface area contributed by atoms with Crippen molar-refractivity contribution in [2.24, 2.45) is 17.8 Å². The molecule has 15 nitrogen and oxygen atoms in total. The van der Waals surface area contributed by atoms with Crippen LogP contribution >= 0.6 is 0 Å². The second-order valence-electron chi connectivity index (χ2n) is 17.3. The van der Waals surface area contributed by atoms with Gasteiger partial charge in [0.2, 0.25) is 27.7 Å². The molecular weight excluding hydrogens is 791 g/mol. The number of carbonyl (C=O) groups is 4. The van der Waals surface area contributed by atoms with Gasteiger partial charge < -0.3 is 34.5 Å². The summed E-state index contributed by atoms with van der Waals surface area (Å²) < 4.78 is 52.5. The van der Waals surface area contributed by atoms with Crippen LogP contribution in [0, 0.1) is 17.8 Å². The number of rotatable bonds is 10. The van der Waals surface area contributed by atoms with Crippen molar-refractivity contribution in [2.45, 2.75) is 132 Å². The Labute approximate surface area is 351 Å². The average molecular weight is 848 g/mol. The quantitative estimate of drug-likeness (QED) is 0.263. The van der Waals surface area contributed by atoms with E-state index in [1.807, 2.05) is 25.1 Å². The number of hydrogen-bond acceptors (Lipinski definition) is 11. The largest absolute Gasteiger partial charge is 0.496 e. The van der Waals surface area contributed by atoms with Crippen LogP contribution in [0.25, 0.3) is 17.0 Å². The second-order valence-corrected chi connectivity index (χ2v) is 19.3. The van der Waals surface area contributed by atoms with E-state index in [1.165, 1.54) is 11.0 Å². The zero-order valence-corrected chi connectivity index (χ0v) is 35.3. The molecule has 3 heterocycles. The molecule has 1 aromatic heterocycles. The van der Waals surface area contributed by atoms with E-state index in [9.17, 15) is 22.8 Å². The number of nitrogens with zero attached hydrogens (tertiary/aromatic N) is 2. The van der Waals surface area contributed by atoms with E-state index < -0.39 is 68.7 Å². The highest BCUT2D eigenvalue weighted by atomic mass is 32.2. The zero-order chi connectivity index (χ0) is 42.2. The third kappa shape index (κ3) is 8.66. The van der Waals surface area contributed by atoms with Gasteiger partial charge in [-0.3, -0.25) is 19.1 Å². The van der Waals surface area contributed by atoms with Crippen LogP contribution < -0.4 is 29.6 Å². The first-order valence-electron chi connectivity index (χ1n) is 21.7. The molecule has 4 aliphatic carbocycles. The number of ether oxygens (including phenoxy) is 4. The fraction of sp³-hybridized carbons (Fsp3) is 0.614. The van der Waals surface area contributed by atoms with Crippen LogP contribution in [-0.2, 0) is 29.1 Å². The summed E-state index contributed by atoms with van der Waals surface area (Å²) in [5.74, 6) is -1.18. The fourth-order valence-electron chi connectivity index (χ4n) is 9.71. The summed E-state index contributed by atoms with van der Waals surface area (Å²) in [5.41, 5.74) is -0.199. The molecule has 6 aliphatic rings. The Balaban J connectivity index is 1.18. The maximum Gasteiger partial charge on any atom is 0.408 e. The van der Waals surface area contributed by atoms with Gasteiger partial charge in [0.1, 0.15) is 41.3 Å². The molecule has 2 aromatic rings. The van der Waals surface area contributed by atoms with Gasteiger partial charge in [-0.15, -0.1) is 6.58 Å². The van der Waals surface area contributed by atoms with Gasteiger partial charge in [0.05, 0.1) is 31.0 Å². The Morgan fingerprint density at radius 2 is 1.78 bits per heavy atom. The van der Waals surface area contributed by atoms with Gasteiger partial charge in [0.25, 0.3) is 5.91 Å². The van der Waals surface area contributed by atoms with Gasteiger partial charge >= 0.3 is 6.09 Å². The topological polar surface area (TPSA) is 192 Å². The van der Waals surface area contributed by atoms with Crippen molar-refractivity contribution < 1.29 is 46.5 Å². The summed E-state index contributed by atoms with van der Waals surface area (Å²) in [4.78, 5) is 63.5. The van der Waals surface area contributed by atoms with E-state index in [1.54, 1.807) is 13.2 Å². The fourth-order valence-corrected chi connectivity index (χ4v) is 11.1. The summed E-state index contributed by atoms with van der Waals surface area (Å²) in [7, 11) is -2.32. The van der Waals surface area contributed by atoms with Gasteiger partial charge in [-0.1, -0.05) is 43.9 Å². The summed E-state index contributed by atoms with van der Waals surface area (Å²) in [6.45, 7) is 6.02. The molecule has 4 amide bonds. The van der Waals surface area contributed by atoms with E-state index in [0.29, 0.717) is 73.4 Å². The van der Waals surface area contributed by atoms with E-state index in [-0.39, 0.29) is 37.3 Å². The SMILES string of the molecule is C=C[C@@H]1C[C@]1(NC(=O)[C@@H]1C[C@@H]2CN1C(=O)[C@H](C1CCCCC1)NC(=O)O[C@@H]1CCCC[C@H]1CC=Cc1cc3c(cc(OCC)nc3cc1OC)O2)C(=O)NS(=O)(=O)C1CC1. The predicted octanol–water partition coefficient (Wildman–Crippen LogP) is 5.31. The lowest BCUT2D eigenvalue weighted by atomic mass is 9.83. The lowest BCUT2D eigenvalue weighted by molar-refractivity contribution is -0.142. The summed E-state index contributed by atoms with van der Waals surface area (Å²) in [6.07, 6.45) is 13.4. The highest BCUT2D eigenvalue weighted by Crippen LogP contribution is 2.46. The van der Waals surface area contributed by atoms with Gasteiger partial charge in [-0.2, -0.15) is 0 Å². The van der Waals surface area contributed by atoms with Crippen LogP contribution in [0.2, 0.25) is 0 Å². The number of carbonyl (C=O) groups excluding carboxylic acids is 4. The van der Waals surface area contributed by atoms with Gasteiger partial charge in [0, 0.05) is 35.4 Å². The normalized spacial score (nSPS) is 29.9. The molecule has 2 aliphatic heterocycles. The number of methoxy groups -OCH3 is 1. The van der Waals surface area contributed by atoms with Crippen LogP contribution in [0.5, 0.6) is 17.4 Å². The highest BCUT2D eigenvalue weighted by Gasteiger charge is 2.62. The molecule has 3 N–H and O–H groups in total. The zero-order valence-electron chi connectivity index (χ0n) is 34.5. The van der Waals surface area contributed by atoms with E-state index in [4.69, 9.17) is 23.9 Å². The molecule has 16 heteroatoms. The van der Waals surface area contributed by atoms with Crippen LogP contribution in [0.1, 0.15) is 102 Å². The van der Waals surface area contributed by atoms with E-state index >= 15 is 4.79 Å². The van der Waals surface area contributed by atoms with Crippen molar-refractivity contribution in [3.05, 3.63) is 42.5 Å². The van der Waals surface area contributed by atoms with Crippen LogP contribution in [0.3, 0.4) is 0 Å². The molecule has 1 aromatic carbocycles. The van der Waals surface area contributed by atoms with Crippen LogP contribution in [0.15, 0.2) is 36.9 Å². The van der Waals surface area contributed by atoms with E-state index in [0.717, 1.165) is 44.1 Å². The number of hydrogen-bond donors (Lipinski definition) is 3. The van der Waals surface area contributed by atoms with Gasteiger partial charge in [0.15, 0.2) is 0 Å². The smallest absolute Gasteiger partial charge is 0.408 e. The van der Waals surface area contributed by atoms with Crippen molar-refractivity contribution in [3.63, 3.8) is 0 Å². The Morgan fingerprint density at radius 3 is 2.50 bits per heavy atom. The number of amides is 4. The lowest BCUT2D eigenvalue weighted by Crippen LogP contribution is -2.59. The highest BCUT2D eigenvalue weighted by molar-refractivity contribution is 7.91. The number of allylic oxidation sites excluding steroid dienone is 1. The summed E-state index contributed by atoms with van der Waals surface area (Å²) in [6, 6.07) is 3.36. The molecule has 4 bridgehead atoms. The van der Waals surface area contributed by atoms with Crippen molar-refractivity contribution in [3.8, 4) is 17.4 Å². The van der Waals surface area contributed by atoms with Gasteiger partial charge in [-0.25, -0.2) is 18.2 Å². The number of benzene rings is 1. The van der Waals surface area contributed by atoms with Crippen LogP contribution in [-0.4, -0.2) is 97.5 Å². The minimum atomic E-state index is -3.91. The first-order valence-corrected chi connectivity index (χ1v) is 23.2. The number of aromatic nitrogens is 1. The Kier molecular flexibility index (Phi) is 12.0. The van der Waals surface area contributed by atoms with E-state index in [2.05, 4.69) is 28.0 Å². The van der Waals surface area contributed by atoms with Crippen LogP contribution in [0.4, 0.5) is 4.79 Å². The standard InChI is InChI=1S/C44H57N5O10S/c1-4-29-24-44(29,42(52)48-60(54,55)31-18-19-31)47-40(50)34-21-30-25-49(34)41(51)39(27-13-7-6-8-14-27)46-43(53)59-35-17-10-9-12-26(35)15-11-16-28-20-32-33(22-36(28)56-3)45-38(57-5-2)23-37(32)58-30/h4,11,16,20,22-23,26-27,29-31,34-35,39H,1,5-10,12-15,17-19,21,24-25H2,2-3H3,(H,46,53)(H,47,50)(H,48,52)/t26-,29+,30+,34-,35+,39-,44+/m0/s1. The molecule has 0 unspecified atom stereocenters.